The zero-order valence-electron chi connectivity index (χ0n) is 13.3. The summed E-state index contributed by atoms with van der Waals surface area (Å²) in [6, 6.07) is 9.78. The zero-order valence-corrected chi connectivity index (χ0v) is 14.9. The van der Waals surface area contributed by atoms with Gasteiger partial charge in [0.1, 0.15) is 12.4 Å². The minimum absolute atomic E-state index is 0.188. The molecule has 0 amide bonds. The third-order valence-corrected chi connectivity index (χ3v) is 3.75. The van der Waals surface area contributed by atoms with Gasteiger partial charge in [-0.15, -0.1) is 0 Å². The number of para-hydroxylation sites is 1. The van der Waals surface area contributed by atoms with Crippen LogP contribution in [0.15, 0.2) is 42.5 Å². The largest absolute Gasteiger partial charge is 0.486 e. The van der Waals surface area contributed by atoms with Gasteiger partial charge in [0.25, 0.3) is 0 Å². The summed E-state index contributed by atoms with van der Waals surface area (Å²) < 4.78 is 53.7. The number of rotatable bonds is 6. The van der Waals surface area contributed by atoms with Crippen LogP contribution >= 0.6 is 23.2 Å². The lowest BCUT2D eigenvalue weighted by molar-refractivity contribution is -0.150. The molecule has 0 radical (unpaired) electrons. The molecule has 0 bridgehead atoms. The van der Waals surface area contributed by atoms with Gasteiger partial charge >= 0.3 is 12.1 Å². The highest BCUT2D eigenvalue weighted by molar-refractivity contribution is 6.37. The fourth-order valence-corrected chi connectivity index (χ4v) is 2.56. The van der Waals surface area contributed by atoms with Crippen LogP contribution in [-0.2, 0) is 15.7 Å². The zero-order chi connectivity index (χ0) is 19.3. The van der Waals surface area contributed by atoms with Crippen LogP contribution in [0.3, 0.4) is 0 Å². The molecule has 0 aromatic heterocycles. The minimum Gasteiger partial charge on any atom is -0.486 e. The summed E-state index contributed by atoms with van der Waals surface area (Å²) >= 11 is 11.7. The standard InChI is InChI=1S/C17H13Cl2F3O4/c1-24-16(23)14(26-11-5-3-2-4-6-11)9-25-15-12(18)7-10(8-13(15)19)17(20,21)22/h2-8,14H,9H2,1H3. The molecule has 1 unspecified atom stereocenters. The van der Waals surface area contributed by atoms with Crippen molar-refractivity contribution in [3.8, 4) is 11.5 Å². The molecule has 0 spiro atoms. The Morgan fingerprint density at radius 1 is 1.12 bits per heavy atom. The Morgan fingerprint density at radius 2 is 1.69 bits per heavy atom. The van der Waals surface area contributed by atoms with E-state index in [1.54, 1.807) is 30.3 Å². The molecule has 2 aromatic rings. The van der Waals surface area contributed by atoms with E-state index < -0.39 is 23.8 Å². The van der Waals surface area contributed by atoms with Gasteiger partial charge in [-0.1, -0.05) is 41.4 Å². The SMILES string of the molecule is COC(=O)C(COc1c(Cl)cc(C(F)(F)F)cc1Cl)Oc1ccccc1. The number of esters is 1. The van der Waals surface area contributed by atoms with Crippen LogP contribution in [0.1, 0.15) is 5.56 Å². The Kier molecular flexibility index (Phi) is 6.61. The number of hydrogen-bond acceptors (Lipinski definition) is 4. The van der Waals surface area contributed by atoms with Crippen molar-refractivity contribution in [1.82, 2.24) is 0 Å². The van der Waals surface area contributed by atoms with Crippen LogP contribution in [-0.4, -0.2) is 25.8 Å². The molecule has 0 aliphatic heterocycles. The second-order valence-corrected chi connectivity index (χ2v) is 5.83. The maximum atomic E-state index is 12.7. The van der Waals surface area contributed by atoms with Crippen LogP contribution in [0.4, 0.5) is 13.2 Å². The van der Waals surface area contributed by atoms with Crippen LogP contribution in [0.2, 0.25) is 10.0 Å². The van der Waals surface area contributed by atoms with E-state index in [1.165, 1.54) is 7.11 Å². The maximum Gasteiger partial charge on any atom is 0.416 e. The summed E-state index contributed by atoms with van der Waals surface area (Å²) in [6.07, 6.45) is -5.77. The third kappa shape index (κ3) is 5.19. The fraction of sp³-hybridized carbons (Fsp3) is 0.235. The van der Waals surface area contributed by atoms with Gasteiger partial charge in [0.2, 0.25) is 6.10 Å². The Bertz CT molecular complexity index is 743. The van der Waals surface area contributed by atoms with Crippen molar-refractivity contribution in [3.05, 3.63) is 58.1 Å². The first kappa shape index (κ1) is 20.2. The summed E-state index contributed by atoms with van der Waals surface area (Å²) in [6.45, 7) is -0.369. The lowest BCUT2D eigenvalue weighted by Crippen LogP contribution is -2.34. The van der Waals surface area contributed by atoms with Crippen molar-refractivity contribution in [2.45, 2.75) is 12.3 Å². The summed E-state index contributed by atoms with van der Waals surface area (Å²) in [7, 11) is 1.17. The van der Waals surface area contributed by atoms with Gasteiger partial charge in [-0.3, -0.25) is 0 Å². The second-order valence-electron chi connectivity index (χ2n) is 5.02. The highest BCUT2D eigenvalue weighted by Gasteiger charge is 2.32. The summed E-state index contributed by atoms with van der Waals surface area (Å²) in [5.74, 6) is -0.531. The van der Waals surface area contributed by atoms with Crippen LogP contribution in [0.25, 0.3) is 0 Å². The number of methoxy groups -OCH3 is 1. The number of ether oxygens (including phenoxy) is 3. The molecule has 9 heteroatoms. The Balaban J connectivity index is 2.17. The predicted molar refractivity (Wildman–Crippen MR) is 89.8 cm³/mol. The van der Waals surface area contributed by atoms with Gasteiger partial charge in [0.15, 0.2) is 5.75 Å². The van der Waals surface area contributed by atoms with E-state index in [9.17, 15) is 18.0 Å². The van der Waals surface area contributed by atoms with Crippen molar-refractivity contribution < 1.29 is 32.2 Å². The monoisotopic (exact) mass is 408 g/mol. The normalized spacial score (nSPS) is 12.4. The predicted octanol–water partition coefficient (Wildman–Crippen LogP) is 5.01. The van der Waals surface area contributed by atoms with Crippen molar-refractivity contribution in [2.75, 3.05) is 13.7 Å². The number of alkyl halides is 3. The molecule has 4 nitrogen and oxygen atoms in total. The summed E-state index contributed by atoms with van der Waals surface area (Å²) in [5.41, 5.74) is -1.01. The second kappa shape index (κ2) is 8.51. The Morgan fingerprint density at radius 3 is 2.19 bits per heavy atom. The number of halogens is 5. The lowest BCUT2D eigenvalue weighted by Gasteiger charge is -2.19. The maximum absolute atomic E-state index is 12.7. The van der Waals surface area contributed by atoms with Crippen LogP contribution in [0.5, 0.6) is 11.5 Å². The Labute approximate surface area is 157 Å². The van der Waals surface area contributed by atoms with Gasteiger partial charge in [0, 0.05) is 0 Å². The van der Waals surface area contributed by atoms with E-state index >= 15 is 0 Å². The van der Waals surface area contributed by atoms with Crippen LogP contribution in [0, 0.1) is 0 Å². The van der Waals surface area contributed by atoms with Gasteiger partial charge in [0.05, 0.1) is 22.7 Å². The highest BCUT2D eigenvalue weighted by Crippen LogP contribution is 2.39. The van der Waals surface area contributed by atoms with Crippen molar-refractivity contribution in [2.24, 2.45) is 0 Å². The topological polar surface area (TPSA) is 44.8 Å². The van der Waals surface area contributed by atoms with E-state index in [2.05, 4.69) is 4.74 Å². The smallest absolute Gasteiger partial charge is 0.416 e. The van der Waals surface area contributed by atoms with Crippen molar-refractivity contribution in [3.63, 3.8) is 0 Å². The average molecular weight is 409 g/mol. The minimum atomic E-state index is -4.60. The van der Waals surface area contributed by atoms with Crippen molar-refractivity contribution in [1.29, 1.82) is 0 Å². The molecule has 2 rings (SSSR count). The molecule has 0 aliphatic carbocycles. The number of hydrogen-bond donors (Lipinski definition) is 0. The first-order chi connectivity index (χ1) is 12.2. The Hall–Kier alpha value is -2.12. The van der Waals surface area contributed by atoms with Gasteiger partial charge < -0.3 is 14.2 Å². The molecular weight excluding hydrogens is 396 g/mol. The molecule has 0 N–H and O–H groups in total. The number of benzene rings is 2. The van der Waals surface area contributed by atoms with Gasteiger partial charge in [-0.2, -0.15) is 13.2 Å². The first-order valence-electron chi connectivity index (χ1n) is 7.21. The van der Waals surface area contributed by atoms with Crippen LogP contribution < -0.4 is 9.47 Å². The number of carbonyl (C=O) groups excluding carboxylic acids is 1. The van der Waals surface area contributed by atoms with E-state index in [1.807, 2.05) is 0 Å². The van der Waals surface area contributed by atoms with E-state index in [4.69, 9.17) is 32.7 Å². The molecule has 0 heterocycles. The van der Waals surface area contributed by atoms with Crippen molar-refractivity contribution >= 4 is 29.2 Å². The number of carbonyl (C=O) groups is 1. The molecule has 140 valence electrons. The summed E-state index contributed by atoms with van der Waals surface area (Å²) in [5, 5.41) is -0.679. The lowest BCUT2D eigenvalue weighted by atomic mass is 10.2. The summed E-state index contributed by atoms with van der Waals surface area (Å²) in [4.78, 5) is 11.9. The van der Waals surface area contributed by atoms with E-state index in [0.717, 1.165) is 0 Å². The highest BCUT2D eigenvalue weighted by atomic mass is 35.5. The van der Waals surface area contributed by atoms with Gasteiger partial charge in [-0.25, -0.2) is 4.79 Å². The first-order valence-corrected chi connectivity index (χ1v) is 7.96. The third-order valence-electron chi connectivity index (χ3n) is 3.19. The molecule has 0 saturated heterocycles. The molecule has 0 aliphatic rings. The molecule has 0 saturated carbocycles. The average Bonchev–Trinajstić information content (AvgIpc) is 2.59. The van der Waals surface area contributed by atoms with E-state index in [-0.39, 0.29) is 22.4 Å². The quantitative estimate of drug-likeness (QED) is 0.630. The molecule has 0 fully saturated rings. The van der Waals surface area contributed by atoms with E-state index in [0.29, 0.717) is 17.9 Å². The molecule has 2 aromatic carbocycles. The van der Waals surface area contributed by atoms with Gasteiger partial charge in [-0.05, 0) is 24.3 Å². The fourth-order valence-electron chi connectivity index (χ4n) is 1.97. The molecule has 1 atom stereocenters. The molecular formula is C17H13Cl2F3O4. The molecule has 26 heavy (non-hydrogen) atoms.